The molecule has 0 bridgehead atoms. The molecule has 0 aromatic heterocycles. The van der Waals surface area contributed by atoms with Crippen molar-refractivity contribution in [3.8, 4) is 0 Å². The monoisotopic (exact) mass is 243 g/mol. The summed E-state index contributed by atoms with van der Waals surface area (Å²) < 4.78 is 21.4. The standard InChI is InChI=1S/C8H5NO6S/c10-8(11)7(16(14)15)5-3-1-2-4-6(5)9(12)13/h1-4H,(H,10,11). The molecule has 0 aliphatic carbocycles. The molecule has 0 fully saturated rings. The lowest BCUT2D eigenvalue weighted by molar-refractivity contribution is -0.385. The fourth-order valence-electron chi connectivity index (χ4n) is 1.10. The number of carbonyl (C=O) groups is 1. The molecule has 84 valence electrons. The van der Waals surface area contributed by atoms with Gasteiger partial charge in [0.1, 0.15) is 0 Å². The maximum absolute atomic E-state index is 10.7. The van der Waals surface area contributed by atoms with E-state index in [0.29, 0.717) is 0 Å². The van der Waals surface area contributed by atoms with Crippen molar-refractivity contribution < 1.29 is 23.2 Å². The van der Waals surface area contributed by atoms with Gasteiger partial charge < -0.3 is 5.11 Å². The van der Waals surface area contributed by atoms with Gasteiger partial charge in [0, 0.05) is 6.07 Å². The van der Waals surface area contributed by atoms with E-state index in [-0.39, 0.29) is 0 Å². The number of aliphatic carboxylic acids is 1. The zero-order valence-electron chi connectivity index (χ0n) is 7.65. The van der Waals surface area contributed by atoms with Crippen molar-refractivity contribution in [3.63, 3.8) is 0 Å². The SMILES string of the molecule is O=C(O)C(c1ccccc1[N+](=O)[O-])=S(=O)=O. The zero-order chi connectivity index (χ0) is 12.3. The van der Waals surface area contributed by atoms with E-state index in [0.717, 1.165) is 12.1 Å². The Morgan fingerprint density at radius 2 is 1.88 bits per heavy atom. The highest BCUT2D eigenvalue weighted by Gasteiger charge is 2.23. The number of para-hydroxylation sites is 1. The van der Waals surface area contributed by atoms with Crippen molar-refractivity contribution >= 4 is 26.8 Å². The zero-order valence-corrected chi connectivity index (χ0v) is 8.47. The van der Waals surface area contributed by atoms with E-state index in [1.165, 1.54) is 12.1 Å². The van der Waals surface area contributed by atoms with Crippen LogP contribution in [0, 0.1) is 10.1 Å². The van der Waals surface area contributed by atoms with E-state index in [4.69, 9.17) is 5.11 Å². The highest BCUT2D eigenvalue weighted by molar-refractivity contribution is 7.75. The van der Waals surface area contributed by atoms with Crippen LogP contribution in [0.15, 0.2) is 24.3 Å². The molecule has 0 aliphatic rings. The molecule has 8 heteroatoms. The lowest BCUT2D eigenvalue weighted by atomic mass is 10.1. The topological polar surface area (TPSA) is 115 Å². The van der Waals surface area contributed by atoms with Gasteiger partial charge in [0.25, 0.3) is 5.69 Å². The quantitative estimate of drug-likeness (QED) is 0.348. The highest BCUT2D eigenvalue weighted by Crippen LogP contribution is 2.18. The average Bonchev–Trinajstić information content (AvgIpc) is 2.17. The lowest BCUT2D eigenvalue weighted by Gasteiger charge is -1.98. The van der Waals surface area contributed by atoms with Crippen LogP contribution >= 0.6 is 0 Å². The lowest BCUT2D eigenvalue weighted by Crippen LogP contribution is -2.17. The summed E-state index contributed by atoms with van der Waals surface area (Å²) in [5.74, 6) is -1.73. The van der Waals surface area contributed by atoms with Crippen molar-refractivity contribution in [3.05, 3.63) is 39.9 Å². The van der Waals surface area contributed by atoms with E-state index < -0.39 is 37.3 Å². The third kappa shape index (κ3) is 2.23. The highest BCUT2D eigenvalue weighted by atomic mass is 32.2. The number of nitro benzene ring substituents is 1. The van der Waals surface area contributed by atoms with Crippen molar-refractivity contribution in [2.45, 2.75) is 0 Å². The summed E-state index contributed by atoms with van der Waals surface area (Å²) >= 11 is 0. The van der Waals surface area contributed by atoms with E-state index in [1.54, 1.807) is 0 Å². The smallest absolute Gasteiger partial charge is 0.352 e. The van der Waals surface area contributed by atoms with Crippen LogP contribution in [0.3, 0.4) is 0 Å². The van der Waals surface area contributed by atoms with Crippen LogP contribution in [0.1, 0.15) is 5.56 Å². The Morgan fingerprint density at radius 1 is 1.31 bits per heavy atom. The number of nitro groups is 1. The summed E-state index contributed by atoms with van der Waals surface area (Å²) in [4.78, 5) is 19.4. The molecule has 0 saturated carbocycles. The minimum atomic E-state index is -3.05. The first-order chi connectivity index (χ1) is 7.45. The number of carboxylic acid groups (broad SMARTS) is 1. The molecule has 1 rings (SSSR count). The number of hydrogen-bond donors (Lipinski definition) is 1. The van der Waals surface area contributed by atoms with E-state index >= 15 is 0 Å². The summed E-state index contributed by atoms with van der Waals surface area (Å²) in [7, 11) is -3.05. The van der Waals surface area contributed by atoms with Crippen LogP contribution in [-0.2, 0) is 15.1 Å². The third-order valence-electron chi connectivity index (χ3n) is 1.71. The van der Waals surface area contributed by atoms with Gasteiger partial charge in [0.2, 0.25) is 10.3 Å². The normalized spacial score (nSPS) is 9.50. The Hall–Kier alpha value is -2.22. The summed E-state index contributed by atoms with van der Waals surface area (Å²) in [5, 5.41) is 19.2. The Balaban J connectivity index is 3.62. The van der Waals surface area contributed by atoms with E-state index in [2.05, 4.69) is 0 Å². The number of nitrogens with zero attached hydrogens (tertiary/aromatic N) is 1. The average molecular weight is 243 g/mol. The van der Waals surface area contributed by atoms with Gasteiger partial charge in [-0.05, 0) is 6.07 Å². The summed E-state index contributed by atoms with van der Waals surface area (Å²) in [5.41, 5.74) is -1.00. The Morgan fingerprint density at radius 3 is 2.31 bits per heavy atom. The van der Waals surface area contributed by atoms with Gasteiger partial charge in [-0.3, -0.25) is 10.1 Å². The van der Waals surface area contributed by atoms with Gasteiger partial charge in [0.15, 0.2) is 4.86 Å². The van der Waals surface area contributed by atoms with Crippen LogP contribution in [0.25, 0.3) is 0 Å². The predicted octanol–water partition coefficient (Wildman–Crippen LogP) is 0.0790. The molecule has 0 atom stereocenters. The molecule has 1 aromatic rings. The van der Waals surface area contributed by atoms with Crippen molar-refractivity contribution in [1.82, 2.24) is 0 Å². The molecular formula is C8H5NO6S. The van der Waals surface area contributed by atoms with Crippen LogP contribution < -0.4 is 0 Å². The van der Waals surface area contributed by atoms with Crippen molar-refractivity contribution in [2.75, 3.05) is 0 Å². The molecule has 0 aliphatic heterocycles. The maximum atomic E-state index is 10.7. The van der Waals surface area contributed by atoms with Crippen molar-refractivity contribution in [1.29, 1.82) is 0 Å². The molecule has 7 nitrogen and oxygen atoms in total. The summed E-state index contributed by atoms with van der Waals surface area (Å²) in [6.45, 7) is 0. The first kappa shape index (κ1) is 11.9. The number of hydrogen-bond acceptors (Lipinski definition) is 5. The first-order valence-electron chi connectivity index (χ1n) is 3.88. The predicted molar refractivity (Wildman–Crippen MR) is 53.8 cm³/mol. The van der Waals surface area contributed by atoms with Crippen LogP contribution in [-0.4, -0.2) is 29.3 Å². The molecule has 0 spiro atoms. The molecule has 16 heavy (non-hydrogen) atoms. The molecule has 0 saturated heterocycles. The number of rotatable bonds is 3. The van der Waals surface area contributed by atoms with Gasteiger partial charge in [-0.1, -0.05) is 12.1 Å². The number of carboxylic acids is 1. The Kier molecular flexibility index (Phi) is 3.36. The van der Waals surface area contributed by atoms with Gasteiger partial charge >= 0.3 is 5.97 Å². The van der Waals surface area contributed by atoms with E-state index in [1.807, 2.05) is 0 Å². The fraction of sp³-hybridized carbons (Fsp3) is 0. The molecule has 0 amide bonds. The molecule has 0 radical (unpaired) electrons. The second-order valence-corrected chi connectivity index (χ2v) is 3.52. The van der Waals surface area contributed by atoms with Crippen LogP contribution in [0.4, 0.5) is 5.69 Å². The minimum absolute atomic E-state index is 0.437. The maximum Gasteiger partial charge on any atom is 0.352 e. The van der Waals surface area contributed by atoms with Crippen LogP contribution in [0.5, 0.6) is 0 Å². The summed E-state index contributed by atoms with van der Waals surface area (Å²) in [6, 6.07) is 4.73. The molecule has 1 N–H and O–H groups in total. The van der Waals surface area contributed by atoms with Gasteiger partial charge in [-0.25, -0.2) is 4.79 Å². The van der Waals surface area contributed by atoms with Gasteiger partial charge in [-0.2, -0.15) is 8.42 Å². The van der Waals surface area contributed by atoms with Gasteiger partial charge in [-0.15, -0.1) is 0 Å². The molecular weight excluding hydrogens is 238 g/mol. The van der Waals surface area contributed by atoms with Crippen LogP contribution in [0.2, 0.25) is 0 Å². The second-order valence-electron chi connectivity index (χ2n) is 2.64. The summed E-state index contributed by atoms with van der Waals surface area (Å²) in [6.07, 6.45) is 0. The van der Waals surface area contributed by atoms with Crippen molar-refractivity contribution in [2.24, 2.45) is 0 Å². The molecule has 0 unspecified atom stereocenters. The largest absolute Gasteiger partial charge is 0.477 e. The molecule has 1 aromatic carbocycles. The fourth-order valence-corrected chi connectivity index (χ4v) is 1.60. The second kappa shape index (κ2) is 4.53. The third-order valence-corrected chi connectivity index (χ3v) is 2.43. The number of benzene rings is 1. The first-order valence-corrected chi connectivity index (χ1v) is 4.96. The molecule has 0 heterocycles. The Labute approximate surface area is 90.6 Å². The minimum Gasteiger partial charge on any atom is -0.477 e. The Bertz CT molecular complexity index is 580. The van der Waals surface area contributed by atoms with Gasteiger partial charge in [0.05, 0.1) is 10.5 Å². The van der Waals surface area contributed by atoms with E-state index in [9.17, 15) is 23.3 Å².